The van der Waals surface area contributed by atoms with Gasteiger partial charge in [-0.2, -0.15) is 0 Å². The first-order chi connectivity index (χ1) is 7.98. The molecule has 1 fully saturated rings. The zero-order valence-corrected chi connectivity index (χ0v) is 10.9. The Kier molecular flexibility index (Phi) is 3.59. The number of hydrogen-bond donors (Lipinski definition) is 1. The molecule has 0 radical (unpaired) electrons. The minimum atomic E-state index is -0.304. The summed E-state index contributed by atoms with van der Waals surface area (Å²) in [6.45, 7) is 4.78. The van der Waals surface area contributed by atoms with E-state index in [1.807, 2.05) is 13.8 Å². The van der Waals surface area contributed by atoms with E-state index in [0.717, 1.165) is 12.8 Å². The molecule has 1 aromatic rings. The number of para-hydroxylation sites is 1. The van der Waals surface area contributed by atoms with E-state index in [1.165, 1.54) is 6.07 Å². The lowest BCUT2D eigenvalue weighted by Crippen LogP contribution is -2.40. The molecule has 1 unspecified atom stereocenters. The first-order valence-corrected chi connectivity index (χ1v) is 6.20. The SMILES string of the molecule is CC1(C)CC(Nc2c(F)cccc2Cl)CCO1. The summed E-state index contributed by atoms with van der Waals surface area (Å²) >= 11 is 5.99. The van der Waals surface area contributed by atoms with Crippen LogP contribution in [0.4, 0.5) is 10.1 Å². The first-order valence-electron chi connectivity index (χ1n) is 5.82. The summed E-state index contributed by atoms with van der Waals surface area (Å²) in [5.74, 6) is -0.304. The lowest BCUT2D eigenvalue weighted by atomic mass is 9.94. The molecule has 17 heavy (non-hydrogen) atoms. The average molecular weight is 258 g/mol. The highest BCUT2D eigenvalue weighted by Gasteiger charge is 2.29. The molecule has 1 N–H and O–H groups in total. The normalized spacial score (nSPS) is 23.4. The van der Waals surface area contributed by atoms with Crippen molar-refractivity contribution in [2.24, 2.45) is 0 Å². The van der Waals surface area contributed by atoms with Crippen molar-refractivity contribution >= 4 is 17.3 Å². The van der Waals surface area contributed by atoms with Gasteiger partial charge in [0.25, 0.3) is 0 Å². The second-order valence-corrected chi connectivity index (χ2v) is 5.45. The van der Waals surface area contributed by atoms with Crippen molar-refractivity contribution in [3.63, 3.8) is 0 Å². The molecule has 1 aliphatic heterocycles. The highest BCUT2D eigenvalue weighted by Crippen LogP contribution is 2.30. The van der Waals surface area contributed by atoms with Crippen LogP contribution in [0.25, 0.3) is 0 Å². The van der Waals surface area contributed by atoms with Gasteiger partial charge in [0.15, 0.2) is 0 Å². The topological polar surface area (TPSA) is 21.3 Å². The van der Waals surface area contributed by atoms with Crippen LogP contribution < -0.4 is 5.32 Å². The first kappa shape index (κ1) is 12.7. The minimum Gasteiger partial charge on any atom is -0.379 e. The standard InChI is InChI=1S/C13H17ClFNO/c1-13(2)8-9(6-7-17-13)16-12-10(14)4-3-5-11(12)15/h3-5,9,16H,6-8H2,1-2H3. The van der Waals surface area contributed by atoms with E-state index in [9.17, 15) is 4.39 Å². The Morgan fingerprint density at radius 1 is 1.47 bits per heavy atom. The van der Waals surface area contributed by atoms with Crippen LogP contribution in [0.2, 0.25) is 5.02 Å². The molecule has 1 atom stereocenters. The third kappa shape index (κ3) is 3.11. The Morgan fingerprint density at radius 3 is 2.88 bits per heavy atom. The van der Waals surface area contributed by atoms with E-state index in [2.05, 4.69) is 5.32 Å². The maximum atomic E-state index is 13.6. The average Bonchev–Trinajstić information content (AvgIpc) is 2.22. The molecular weight excluding hydrogens is 241 g/mol. The smallest absolute Gasteiger partial charge is 0.147 e. The molecule has 2 rings (SSSR count). The van der Waals surface area contributed by atoms with E-state index in [4.69, 9.17) is 16.3 Å². The third-order valence-electron chi connectivity index (χ3n) is 3.01. The predicted octanol–water partition coefficient (Wildman–Crippen LogP) is 3.85. The third-order valence-corrected chi connectivity index (χ3v) is 3.32. The molecule has 4 heteroatoms. The van der Waals surface area contributed by atoms with Crippen LogP contribution in [0, 0.1) is 5.82 Å². The number of rotatable bonds is 2. The fourth-order valence-electron chi connectivity index (χ4n) is 2.19. The van der Waals surface area contributed by atoms with Gasteiger partial charge in [-0.05, 0) is 38.8 Å². The van der Waals surface area contributed by atoms with Gasteiger partial charge in [0.05, 0.1) is 16.3 Å². The number of hydrogen-bond acceptors (Lipinski definition) is 2. The highest BCUT2D eigenvalue weighted by molar-refractivity contribution is 6.33. The number of benzene rings is 1. The lowest BCUT2D eigenvalue weighted by Gasteiger charge is -2.36. The van der Waals surface area contributed by atoms with Gasteiger partial charge in [-0.1, -0.05) is 17.7 Å². The molecule has 1 heterocycles. The molecule has 1 aliphatic rings. The molecular formula is C13H17ClFNO. The van der Waals surface area contributed by atoms with Crippen LogP contribution in [-0.4, -0.2) is 18.2 Å². The van der Waals surface area contributed by atoms with Gasteiger partial charge in [-0.3, -0.25) is 0 Å². The molecule has 0 aromatic heterocycles. The van der Waals surface area contributed by atoms with Crippen molar-refractivity contribution in [2.45, 2.75) is 38.3 Å². The molecule has 94 valence electrons. The van der Waals surface area contributed by atoms with Crippen molar-refractivity contribution in [3.05, 3.63) is 29.0 Å². The Balaban J connectivity index is 2.10. The molecule has 2 nitrogen and oxygen atoms in total. The summed E-state index contributed by atoms with van der Waals surface area (Å²) < 4.78 is 19.2. The largest absolute Gasteiger partial charge is 0.379 e. The second-order valence-electron chi connectivity index (χ2n) is 5.04. The van der Waals surface area contributed by atoms with Crippen LogP contribution in [-0.2, 0) is 4.74 Å². The summed E-state index contributed by atoms with van der Waals surface area (Å²) in [6.07, 6.45) is 1.71. The molecule has 0 saturated carbocycles. The second kappa shape index (κ2) is 4.83. The molecule has 0 spiro atoms. The van der Waals surface area contributed by atoms with Gasteiger partial charge in [0.1, 0.15) is 5.82 Å². The van der Waals surface area contributed by atoms with Crippen LogP contribution in [0.5, 0.6) is 0 Å². The number of ether oxygens (including phenoxy) is 1. The lowest BCUT2D eigenvalue weighted by molar-refractivity contribution is -0.0553. The van der Waals surface area contributed by atoms with Crippen LogP contribution in [0.1, 0.15) is 26.7 Å². The Bertz CT molecular complexity index is 388. The highest BCUT2D eigenvalue weighted by atomic mass is 35.5. The van der Waals surface area contributed by atoms with E-state index >= 15 is 0 Å². The predicted molar refractivity (Wildman–Crippen MR) is 68.1 cm³/mol. The van der Waals surface area contributed by atoms with Gasteiger partial charge in [-0.25, -0.2) is 4.39 Å². The molecule has 1 saturated heterocycles. The van der Waals surface area contributed by atoms with Crippen molar-refractivity contribution in [1.82, 2.24) is 0 Å². The van der Waals surface area contributed by atoms with Gasteiger partial charge in [-0.15, -0.1) is 0 Å². The maximum Gasteiger partial charge on any atom is 0.147 e. The fraction of sp³-hybridized carbons (Fsp3) is 0.538. The Labute approximate surface area is 106 Å². The summed E-state index contributed by atoms with van der Waals surface area (Å²) in [4.78, 5) is 0. The number of halogens is 2. The van der Waals surface area contributed by atoms with E-state index in [0.29, 0.717) is 17.3 Å². The summed E-state index contributed by atoms with van der Waals surface area (Å²) in [7, 11) is 0. The van der Waals surface area contributed by atoms with Crippen molar-refractivity contribution < 1.29 is 9.13 Å². The van der Waals surface area contributed by atoms with Crippen molar-refractivity contribution in [1.29, 1.82) is 0 Å². The molecule has 1 aromatic carbocycles. The van der Waals surface area contributed by atoms with Gasteiger partial charge < -0.3 is 10.1 Å². The van der Waals surface area contributed by atoms with E-state index in [-0.39, 0.29) is 17.5 Å². The molecule has 0 aliphatic carbocycles. The van der Waals surface area contributed by atoms with Gasteiger partial charge in [0.2, 0.25) is 0 Å². The van der Waals surface area contributed by atoms with Crippen LogP contribution >= 0.6 is 11.6 Å². The molecule has 0 amide bonds. The number of nitrogens with one attached hydrogen (secondary N) is 1. The van der Waals surface area contributed by atoms with E-state index in [1.54, 1.807) is 12.1 Å². The summed E-state index contributed by atoms with van der Waals surface area (Å²) in [6, 6.07) is 4.92. The van der Waals surface area contributed by atoms with Gasteiger partial charge in [0, 0.05) is 12.6 Å². The van der Waals surface area contributed by atoms with E-state index < -0.39 is 0 Å². The van der Waals surface area contributed by atoms with Crippen molar-refractivity contribution in [3.8, 4) is 0 Å². The van der Waals surface area contributed by atoms with Crippen LogP contribution in [0.3, 0.4) is 0 Å². The molecule has 0 bridgehead atoms. The van der Waals surface area contributed by atoms with Crippen LogP contribution in [0.15, 0.2) is 18.2 Å². The summed E-state index contributed by atoms with van der Waals surface area (Å²) in [5, 5.41) is 3.61. The Morgan fingerprint density at radius 2 is 2.24 bits per heavy atom. The summed E-state index contributed by atoms with van der Waals surface area (Å²) in [5.41, 5.74) is 0.241. The Hall–Kier alpha value is -0.800. The monoisotopic (exact) mass is 257 g/mol. The maximum absolute atomic E-state index is 13.6. The number of anilines is 1. The van der Waals surface area contributed by atoms with Gasteiger partial charge >= 0.3 is 0 Å². The fourth-order valence-corrected chi connectivity index (χ4v) is 2.41. The quantitative estimate of drug-likeness (QED) is 0.869. The zero-order chi connectivity index (χ0) is 12.5. The van der Waals surface area contributed by atoms with Crippen molar-refractivity contribution in [2.75, 3.05) is 11.9 Å². The zero-order valence-electron chi connectivity index (χ0n) is 10.1. The minimum absolute atomic E-state index is 0.159.